The first kappa shape index (κ1) is 14.3. The van der Waals surface area contributed by atoms with Gasteiger partial charge in [0.05, 0.1) is 12.0 Å². The largest absolute Gasteiger partial charge is 0.393 e. The normalized spacial score (nSPS) is 25.7. The molecule has 0 spiro atoms. The number of alkyl halides is 3. The highest BCUT2D eigenvalue weighted by atomic mass is 19.4. The second-order valence-electron chi connectivity index (χ2n) is 4.29. The quantitative estimate of drug-likeness (QED) is 0.830. The molecule has 0 saturated carbocycles. The first-order valence-electron chi connectivity index (χ1n) is 5.99. The molecule has 0 radical (unpaired) electrons. The average Bonchev–Trinajstić information content (AvgIpc) is 2.29. The summed E-state index contributed by atoms with van der Waals surface area (Å²) in [5, 5.41) is 2.71. The van der Waals surface area contributed by atoms with Gasteiger partial charge in [-0.3, -0.25) is 4.79 Å². The number of likely N-dealkylation sites (N-methyl/N-ethyl adjacent to an activating group) is 1. The Hall–Kier alpha value is -0.780. The molecule has 0 aromatic heterocycles. The van der Waals surface area contributed by atoms with Gasteiger partial charge in [-0.05, 0) is 26.7 Å². The molecule has 1 aliphatic heterocycles. The predicted octanol–water partition coefficient (Wildman–Crippen LogP) is 1.79. The van der Waals surface area contributed by atoms with Crippen LogP contribution in [0.1, 0.15) is 26.7 Å². The van der Waals surface area contributed by atoms with Crippen molar-refractivity contribution in [1.82, 2.24) is 10.2 Å². The van der Waals surface area contributed by atoms with E-state index in [4.69, 9.17) is 0 Å². The van der Waals surface area contributed by atoms with Gasteiger partial charge in [-0.15, -0.1) is 0 Å². The summed E-state index contributed by atoms with van der Waals surface area (Å²) >= 11 is 0. The molecule has 3 nitrogen and oxygen atoms in total. The minimum absolute atomic E-state index is 0.0359. The van der Waals surface area contributed by atoms with Gasteiger partial charge in [0.2, 0.25) is 5.91 Å². The van der Waals surface area contributed by atoms with Gasteiger partial charge >= 0.3 is 6.18 Å². The molecule has 1 rings (SSSR count). The van der Waals surface area contributed by atoms with Gasteiger partial charge in [0.15, 0.2) is 0 Å². The van der Waals surface area contributed by atoms with Crippen molar-refractivity contribution in [2.45, 2.75) is 38.9 Å². The van der Waals surface area contributed by atoms with Crippen LogP contribution in [-0.4, -0.2) is 42.7 Å². The third-order valence-electron chi connectivity index (χ3n) is 3.25. The molecule has 1 fully saturated rings. The van der Waals surface area contributed by atoms with E-state index in [-0.39, 0.29) is 25.3 Å². The van der Waals surface area contributed by atoms with Crippen LogP contribution in [0.5, 0.6) is 0 Å². The van der Waals surface area contributed by atoms with Crippen LogP contribution >= 0.6 is 0 Å². The van der Waals surface area contributed by atoms with E-state index in [1.54, 1.807) is 4.90 Å². The van der Waals surface area contributed by atoms with E-state index < -0.39 is 18.1 Å². The van der Waals surface area contributed by atoms with Gasteiger partial charge in [0, 0.05) is 19.6 Å². The van der Waals surface area contributed by atoms with Crippen LogP contribution in [0.3, 0.4) is 0 Å². The summed E-state index contributed by atoms with van der Waals surface area (Å²) in [6, 6.07) is -0.450. The van der Waals surface area contributed by atoms with Crippen molar-refractivity contribution in [2.75, 3.05) is 19.6 Å². The standard InChI is InChI=1S/C11H19F3N2O/c1-3-16(4-2)10(17)9-6-5-8(7-15-9)11(12,13)14/h8-9,15H,3-7H2,1-2H3. The molecule has 1 aliphatic rings. The van der Waals surface area contributed by atoms with Crippen LogP contribution in [0.25, 0.3) is 0 Å². The Labute approximate surface area is 99.4 Å². The fourth-order valence-corrected chi connectivity index (χ4v) is 2.10. The molecule has 0 aromatic carbocycles. The number of halogens is 3. The first-order chi connectivity index (χ1) is 7.90. The van der Waals surface area contributed by atoms with E-state index in [0.717, 1.165) is 0 Å². The topological polar surface area (TPSA) is 32.3 Å². The third kappa shape index (κ3) is 3.59. The summed E-state index contributed by atoms with van der Waals surface area (Å²) in [6.07, 6.45) is -3.86. The van der Waals surface area contributed by atoms with Crippen LogP contribution in [0.2, 0.25) is 0 Å². The number of nitrogens with one attached hydrogen (secondary N) is 1. The molecule has 0 bridgehead atoms. The Morgan fingerprint density at radius 1 is 1.29 bits per heavy atom. The molecule has 1 N–H and O–H groups in total. The Morgan fingerprint density at radius 3 is 2.24 bits per heavy atom. The maximum Gasteiger partial charge on any atom is 0.393 e. The Balaban J connectivity index is 2.49. The molecule has 17 heavy (non-hydrogen) atoms. The number of rotatable bonds is 3. The number of carbonyl (C=O) groups is 1. The van der Waals surface area contributed by atoms with Gasteiger partial charge in [-0.1, -0.05) is 0 Å². The van der Waals surface area contributed by atoms with Gasteiger partial charge < -0.3 is 10.2 Å². The molecule has 1 saturated heterocycles. The van der Waals surface area contributed by atoms with Crippen molar-refractivity contribution in [1.29, 1.82) is 0 Å². The first-order valence-corrected chi connectivity index (χ1v) is 5.99. The molecule has 6 heteroatoms. The van der Waals surface area contributed by atoms with Gasteiger partial charge in [0.25, 0.3) is 0 Å². The molecule has 0 aliphatic carbocycles. The van der Waals surface area contributed by atoms with Crippen molar-refractivity contribution >= 4 is 5.91 Å². The highest BCUT2D eigenvalue weighted by Gasteiger charge is 2.42. The SMILES string of the molecule is CCN(CC)C(=O)C1CCC(C(F)(F)F)CN1. The maximum atomic E-state index is 12.4. The zero-order valence-corrected chi connectivity index (χ0v) is 10.2. The number of piperidine rings is 1. The van der Waals surface area contributed by atoms with E-state index in [0.29, 0.717) is 13.1 Å². The van der Waals surface area contributed by atoms with Crippen LogP contribution in [0.4, 0.5) is 13.2 Å². The van der Waals surface area contributed by atoms with Crippen LogP contribution in [0.15, 0.2) is 0 Å². The Morgan fingerprint density at radius 2 is 1.88 bits per heavy atom. The second-order valence-corrected chi connectivity index (χ2v) is 4.29. The molecule has 2 atom stereocenters. The molecule has 100 valence electrons. The van der Waals surface area contributed by atoms with E-state index in [1.807, 2.05) is 13.8 Å². The number of carbonyl (C=O) groups excluding carboxylic acids is 1. The molecular formula is C11H19F3N2O. The number of nitrogens with zero attached hydrogens (tertiary/aromatic N) is 1. The van der Waals surface area contributed by atoms with Crippen molar-refractivity contribution in [3.05, 3.63) is 0 Å². The molecule has 1 heterocycles. The lowest BCUT2D eigenvalue weighted by molar-refractivity contribution is -0.180. The monoisotopic (exact) mass is 252 g/mol. The highest BCUT2D eigenvalue weighted by molar-refractivity contribution is 5.81. The van der Waals surface area contributed by atoms with Crippen molar-refractivity contribution < 1.29 is 18.0 Å². The molecule has 2 unspecified atom stereocenters. The fourth-order valence-electron chi connectivity index (χ4n) is 2.10. The fraction of sp³-hybridized carbons (Fsp3) is 0.909. The smallest absolute Gasteiger partial charge is 0.342 e. The predicted molar refractivity (Wildman–Crippen MR) is 58.5 cm³/mol. The van der Waals surface area contributed by atoms with E-state index >= 15 is 0 Å². The van der Waals surface area contributed by atoms with Gasteiger partial charge in [0.1, 0.15) is 0 Å². The Kier molecular flexibility index (Phi) is 4.80. The molecule has 1 amide bonds. The van der Waals surface area contributed by atoms with E-state index in [1.165, 1.54) is 0 Å². The summed E-state index contributed by atoms with van der Waals surface area (Å²) in [7, 11) is 0. The second kappa shape index (κ2) is 5.71. The van der Waals surface area contributed by atoms with E-state index in [2.05, 4.69) is 5.32 Å². The van der Waals surface area contributed by atoms with Crippen molar-refractivity contribution in [3.8, 4) is 0 Å². The summed E-state index contributed by atoms with van der Waals surface area (Å²) < 4.78 is 37.3. The minimum Gasteiger partial charge on any atom is -0.342 e. The lowest BCUT2D eigenvalue weighted by Gasteiger charge is -2.33. The number of hydrogen-bond acceptors (Lipinski definition) is 2. The number of hydrogen-bond donors (Lipinski definition) is 1. The lowest BCUT2D eigenvalue weighted by Crippen LogP contribution is -2.52. The molecule has 0 aromatic rings. The average molecular weight is 252 g/mol. The van der Waals surface area contributed by atoms with Crippen LogP contribution in [-0.2, 0) is 4.79 Å². The number of amides is 1. The zero-order chi connectivity index (χ0) is 13.1. The highest BCUT2D eigenvalue weighted by Crippen LogP contribution is 2.32. The summed E-state index contributed by atoms with van der Waals surface area (Å²) in [5.74, 6) is -1.40. The van der Waals surface area contributed by atoms with Gasteiger partial charge in [-0.25, -0.2) is 0 Å². The van der Waals surface area contributed by atoms with Gasteiger partial charge in [-0.2, -0.15) is 13.2 Å². The van der Waals surface area contributed by atoms with E-state index in [9.17, 15) is 18.0 Å². The lowest BCUT2D eigenvalue weighted by atomic mass is 9.93. The molecular weight excluding hydrogens is 233 g/mol. The minimum atomic E-state index is -4.16. The third-order valence-corrected chi connectivity index (χ3v) is 3.25. The zero-order valence-electron chi connectivity index (χ0n) is 10.2. The summed E-state index contributed by atoms with van der Waals surface area (Å²) in [6.45, 7) is 4.76. The van der Waals surface area contributed by atoms with Crippen LogP contribution in [0, 0.1) is 5.92 Å². The summed E-state index contributed by atoms with van der Waals surface area (Å²) in [5.41, 5.74) is 0. The van der Waals surface area contributed by atoms with Crippen molar-refractivity contribution in [3.63, 3.8) is 0 Å². The van der Waals surface area contributed by atoms with Crippen LogP contribution < -0.4 is 5.32 Å². The summed E-state index contributed by atoms with van der Waals surface area (Å²) in [4.78, 5) is 13.5. The Bertz CT molecular complexity index is 256. The van der Waals surface area contributed by atoms with Crippen molar-refractivity contribution in [2.24, 2.45) is 5.92 Å². The maximum absolute atomic E-state index is 12.4.